The first kappa shape index (κ1) is 21.0. The van der Waals surface area contributed by atoms with Crippen LogP contribution in [0.1, 0.15) is 12.5 Å². The van der Waals surface area contributed by atoms with E-state index in [0.29, 0.717) is 0 Å². The molecule has 0 saturated carbocycles. The molecule has 2 aromatic rings. The summed E-state index contributed by atoms with van der Waals surface area (Å²) in [4.78, 5) is 20.2. The monoisotopic (exact) mass is 413 g/mol. The lowest BCUT2D eigenvalue weighted by atomic mass is 10.1. The van der Waals surface area contributed by atoms with Gasteiger partial charge in [-0.25, -0.2) is 0 Å². The quantitative estimate of drug-likeness (QED) is 0.583. The number of carbonyl (C=O) groups excluding carboxylic acids is 1. The summed E-state index contributed by atoms with van der Waals surface area (Å²) in [5.41, 5.74) is 3.21. The van der Waals surface area contributed by atoms with E-state index in [-0.39, 0.29) is 5.91 Å². The van der Waals surface area contributed by atoms with Crippen LogP contribution in [0.3, 0.4) is 0 Å². The molecule has 0 aromatic heterocycles. The van der Waals surface area contributed by atoms with Crippen molar-refractivity contribution in [3.8, 4) is 0 Å². The van der Waals surface area contributed by atoms with Gasteiger partial charge in [0.05, 0.1) is 0 Å². The van der Waals surface area contributed by atoms with Crippen LogP contribution in [0.15, 0.2) is 53.5 Å². The number of nitrogens with one attached hydrogen (secondary N) is 2. The highest BCUT2D eigenvalue weighted by Crippen LogP contribution is 2.20. The molecule has 7 heteroatoms. The summed E-state index contributed by atoms with van der Waals surface area (Å²) < 4.78 is 0. The second kappa shape index (κ2) is 10.2. The topological polar surface area (TPSA) is 60.0 Å². The molecule has 1 saturated heterocycles. The Labute approximate surface area is 177 Å². The molecule has 3 rings (SSSR count). The number of anilines is 2. The number of guanidine groups is 1. The maximum Gasteiger partial charge on any atom is 0.221 e. The minimum Gasteiger partial charge on any atom is -0.368 e. The van der Waals surface area contributed by atoms with Crippen LogP contribution >= 0.6 is 11.6 Å². The largest absolute Gasteiger partial charge is 0.368 e. The van der Waals surface area contributed by atoms with Gasteiger partial charge in [-0.15, -0.1) is 0 Å². The minimum atomic E-state index is -0.0568. The number of aliphatic imine (C=N–C) groups is 1. The van der Waals surface area contributed by atoms with Crippen molar-refractivity contribution in [3.05, 3.63) is 59.1 Å². The molecule has 6 nitrogen and oxygen atoms in total. The summed E-state index contributed by atoms with van der Waals surface area (Å²) in [6.45, 7) is 6.02. The smallest absolute Gasteiger partial charge is 0.221 e. The summed E-state index contributed by atoms with van der Waals surface area (Å²) in [5.74, 6) is 0.879. The number of carbonyl (C=O) groups is 1. The van der Waals surface area contributed by atoms with E-state index in [2.05, 4.69) is 31.5 Å². The van der Waals surface area contributed by atoms with Crippen LogP contribution in [0.2, 0.25) is 5.02 Å². The highest BCUT2D eigenvalue weighted by molar-refractivity contribution is 6.30. The maximum atomic E-state index is 11.1. The number of hydrogen-bond donors (Lipinski definition) is 2. The standard InChI is InChI=1S/C22H28ClN5O/c1-17(29)26-20-8-6-18(7-9-20)10-11-25-22(24-2)28-14-12-27(13-15-28)21-5-3-4-19(23)16-21/h3-9,16H,10-15H2,1-2H3,(H,24,25)(H,26,29). The summed E-state index contributed by atoms with van der Waals surface area (Å²) in [6, 6.07) is 16.0. The van der Waals surface area contributed by atoms with Gasteiger partial charge in [-0.2, -0.15) is 0 Å². The third-order valence-corrected chi connectivity index (χ3v) is 5.17. The van der Waals surface area contributed by atoms with Gasteiger partial charge in [0.2, 0.25) is 5.91 Å². The lowest BCUT2D eigenvalue weighted by Crippen LogP contribution is -2.52. The second-order valence-electron chi connectivity index (χ2n) is 7.06. The third-order valence-electron chi connectivity index (χ3n) is 4.94. The number of benzene rings is 2. The molecule has 154 valence electrons. The van der Waals surface area contributed by atoms with E-state index in [0.717, 1.165) is 55.8 Å². The lowest BCUT2D eigenvalue weighted by Gasteiger charge is -2.37. The van der Waals surface area contributed by atoms with E-state index in [9.17, 15) is 4.79 Å². The van der Waals surface area contributed by atoms with Crippen LogP contribution in [0, 0.1) is 0 Å². The van der Waals surface area contributed by atoms with Gasteiger partial charge in [-0.3, -0.25) is 9.79 Å². The Balaban J connectivity index is 1.45. The molecule has 0 spiro atoms. The van der Waals surface area contributed by atoms with Crippen LogP contribution < -0.4 is 15.5 Å². The highest BCUT2D eigenvalue weighted by atomic mass is 35.5. The number of halogens is 1. The van der Waals surface area contributed by atoms with E-state index in [1.807, 2.05) is 49.5 Å². The van der Waals surface area contributed by atoms with Gasteiger partial charge in [-0.05, 0) is 42.3 Å². The number of piperazine rings is 1. The Morgan fingerprint density at radius 2 is 1.83 bits per heavy atom. The lowest BCUT2D eigenvalue weighted by molar-refractivity contribution is -0.114. The molecular formula is C22H28ClN5O. The molecule has 2 aromatic carbocycles. The van der Waals surface area contributed by atoms with E-state index < -0.39 is 0 Å². The van der Waals surface area contributed by atoms with Crippen molar-refractivity contribution in [1.82, 2.24) is 10.2 Å². The fourth-order valence-corrected chi connectivity index (χ4v) is 3.64. The molecule has 0 bridgehead atoms. The second-order valence-corrected chi connectivity index (χ2v) is 7.49. The van der Waals surface area contributed by atoms with Crippen molar-refractivity contribution in [3.63, 3.8) is 0 Å². The van der Waals surface area contributed by atoms with Crippen molar-refractivity contribution in [2.24, 2.45) is 4.99 Å². The molecule has 0 radical (unpaired) electrons. The summed E-state index contributed by atoms with van der Waals surface area (Å²) >= 11 is 6.12. The molecule has 0 atom stereocenters. The van der Waals surface area contributed by atoms with Gasteiger partial charge in [0.15, 0.2) is 5.96 Å². The highest BCUT2D eigenvalue weighted by Gasteiger charge is 2.19. The molecule has 29 heavy (non-hydrogen) atoms. The normalized spacial score (nSPS) is 14.7. The zero-order valence-electron chi connectivity index (χ0n) is 17.0. The summed E-state index contributed by atoms with van der Waals surface area (Å²) in [5, 5.41) is 7.02. The first-order valence-corrected chi connectivity index (χ1v) is 10.3. The van der Waals surface area contributed by atoms with Crippen LogP contribution in [0.25, 0.3) is 0 Å². The first-order chi connectivity index (χ1) is 14.0. The van der Waals surface area contributed by atoms with Crippen molar-refractivity contribution in [2.75, 3.05) is 50.0 Å². The Morgan fingerprint density at radius 1 is 1.10 bits per heavy atom. The van der Waals surface area contributed by atoms with Crippen LogP contribution in [-0.2, 0) is 11.2 Å². The zero-order valence-corrected chi connectivity index (χ0v) is 17.7. The molecule has 1 amide bonds. The van der Waals surface area contributed by atoms with Crippen molar-refractivity contribution in [1.29, 1.82) is 0 Å². The predicted molar refractivity (Wildman–Crippen MR) is 121 cm³/mol. The van der Waals surface area contributed by atoms with E-state index in [1.54, 1.807) is 0 Å². The van der Waals surface area contributed by atoms with Crippen molar-refractivity contribution >= 4 is 34.8 Å². The van der Waals surface area contributed by atoms with E-state index in [4.69, 9.17) is 11.6 Å². The Bertz CT molecular complexity index is 845. The van der Waals surface area contributed by atoms with Gasteiger partial charge < -0.3 is 20.4 Å². The fourth-order valence-electron chi connectivity index (χ4n) is 3.46. The fraction of sp³-hybridized carbons (Fsp3) is 0.364. The Morgan fingerprint density at radius 3 is 2.45 bits per heavy atom. The number of amides is 1. The number of nitrogens with zero attached hydrogens (tertiary/aromatic N) is 3. The average molecular weight is 414 g/mol. The van der Waals surface area contributed by atoms with Gasteiger partial charge in [0.1, 0.15) is 0 Å². The van der Waals surface area contributed by atoms with Crippen LogP contribution in [0.4, 0.5) is 11.4 Å². The molecule has 1 aliphatic heterocycles. The first-order valence-electron chi connectivity index (χ1n) is 9.88. The van der Waals surface area contributed by atoms with Crippen molar-refractivity contribution < 1.29 is 4.79 Å². The molecular weight excluding hydrogens is 386 g/mol. The van der Waals surface area contributed by atoms with Gasteiger partial charge in [-0.1, -0.05) is 29.8 Å². The minimum absolute atomic E-state index is 0.0568. The predicted octanol–water partition coefficient (Wildman–Crippen LogP) is 3.24. The molecule has 0 aliphatic carbocycles. The van der Waals surface area contributed by atoms with Gasteiger partial charge in [0, 0.05) is 63.1 Å². The number of rotatable bonds is 5. The SMILES string of the molecule is CN=C(NCCc1ccc(NC(C)=O)cc1)N1CCN(c2cccc(Cl)c2)CC1. The summed E-state index contributed by atoms with van der Waals surface area (Å²) in [7, 11) is 1.83. The van der Waals surface area contributed by atoms with Crippen LogP contribution in [0.5, 0.6) is 0 Å². The Kier molecular flexibility index (Phi) is 7.36. The molecule has 1 fully saturated rings. The molecule has 1 aliphatic rings. The molecule has 1 heterocycles. The third kappa shape index (κ3) is 6.12. The van der Waals surface area contributed by atoms with Gasteiger partial charge >= 0.3 is 0 Å². The van der Waals surface area contributed by atoms with Crippen molar-refractivity contribution in [2.45, 2.75) is 13.3 Å². The number of hydrogen-bond acceptors (Lipinski definition) is 3. The summed E-state index contributed by atoms with van der Waals surface area (Å²) in [6.07, 6.45) is 0.891. The Hall–Kier alpha value is -2.73. The average Bonchev–Trinajstić information content (AvgIpc) is 2.72. The van der Waals surface area contributed by atoms with E-state index in [1.165, 1.54) is 18.2 Å². The maximum absolute atomic E-state index is 11.1. The van der Waals surface area contributed by atoms with E-state index >= 15 is 0 Å². The zero-order chi connectivity index (χ0) is 20.6. The molecule has 2 N–H and O–H groups in total. The molecule has 0 unspecified atom stereocenters. The van der Waals surface area contributed by atoms with Gasteiger partial charge in [0.25, 0.3) is 0 Å². The van der Waals surface area contributed by atoms with Crippen LogP contribution in [-0.4, -0.2) is 56.5 Å².